The highest BCUT2D eigenvalue weighted by atomic mass is 16.2. The molecule has 0 fully saturated rings. The fourth-order valence-corrected chi connectivity index (χ4v) is 1.44. The van der Waals surface area contributed by atoms with Crippen molar-refractivity contribution in [3.8, 4) is 0 Å². The van der Waals surface area contributed by atoms with Gasteiger partial charge in [0.15, 0.2) is 0 Å². The first kappa shape index (κ1) is 7.25. The van der Waals surface area contributed by atoms with Crippen LogP contribution < -0.4 is 0 Å². The summed E-state index contributed by atoms with van der Waals surface area (Å²) in [6.45, 7) is 0. The first-order valence-electron chi connectivity index (χ1n) is 4.05. The molecule has 1 aliphatic heterocycles. The van der Waals surface area contributed by atoms with Crippen molar-refractivity contribution in [3.05, 3.63) is 30.2 Å². The lowest BCUT2D eigenvalue weighted by molar-refractivity contribution is 0.100. The zero-order valence-electron chi connectivity index (χ0n) is 7.01. The molecule has 14 heavy (non-hydrogen) atoms. The van der Waals surface area contributed by atoms with Crippen molar-refractivity contribution in [1.82, 2.24) is 9.97 Å². The minimum Gasteiger partial charge on any atom is -0.265 e. The molecular formula is C9H4N4O. The van der Waals surface area contributed by atoms with Gasteiger partial charge in [-0.3, -0.25) is 14.8 Å². The molecular weight excluding hydrogens is 180 g/mol. The van der Waals surface area contributed by atoms with Crippen molar-refractivity contribution in [2.24, 2.45) is 10.2 Å². The third-order valence-electron chi connectivity index (χ3n) is 2.11. The van der Waals surface area contributed by atoms with Crippen LogP contribution in [0.4, 0.5) is 5.69 Å². The second-order valence-corrected chi connectivity index (χ2v) is 2.92. The summed E-state index contributed by atoms with van der Waals surface area (Å²) in [5.74, 6) is -0.328. The van der Waals surface area contributed by atoms with Gasteiger partial charge in [0.1, 0.15) is 5.69 Å². The van der Waals surface area contributed by atoms with Crippen molar-refractivity contribution in [2.45, 2.75) is 0 Å². The number of fused-ring (bicyclic) bond motifs is 3. The normalized spacial score (nSPS) is 13.6. The van der Waals surface area contributed by atoms with Gasteiger partial charge in [0.25, 0.3) is 5.91 Å². The standard InChI is InChI=1S/C9H4N4O/c14-9-6-3-11-7-4-10-2-1-5(7)8(6)12-13-9/h1-4H. The number of hydrogen-bond acceptors (Lipinski definition) is 4. The molecule has 0 saturated heterocycles. The van der Waals surface area contributed by atoms with Gasteiger partial charge in [-0.25, -0.2) is 0 Å². The maximum Gasteiger partial charge on any atom is 0.299 e. The molecule has 0 aliphatic carbocycles. The van der Waals surface area contributed by atoms with Crippen LogP contribution in [0.5, 0.6) is 0 Å². The van der Waals surface area contributed by atoms with E-state index in [2.05, 4.69) is 20.2 Å². The van der Waals surface area contributed by atoms with E-state index in [-0.39, 0.29) is 5.91 Å². The van der Waals surface area contributed by atoms with Crippen LogP contribution in [0.1, 0.15) is 10.4 Å². The Kier molecular flexibility index (Phi) is 1.25. The van der Waals surface area contributed by atoms with E-state index in [1.807, 2.05) is 0 Å². The van der Waals surface area contributed by atoms with E-state index in [1.54, 1.807) is 18.5 Å². The highest BCUT2D eigenvalue weighted by molar-refractivity contribution is 6.08. The molecule has 0 atom stereocenters. The maximum absolute atomic E-state index is 11.2. The summed E-state index contributed by atoms with van der Waals surface area (Å²) in [5, 5.41) is 8.11. The Morgan fingerprint density at radius 2 is 2.07 bits per heavy atom. The SMILES string of the molecule is O=C1N=Nc2c1cnc1cnccc21. The Morgan fingerprint density at radius 3 is 3.00 bits per heavy atom. The monoisotopic (exact) mass is 184 g/mol. The number of azo groups is 1. The van der Waals surface area contributed by atoms with Crippen LogP contribution >= 0.6 is 0 Å². The van der Waals surface area contributed by atoms with Crippen LogP contribution in [0.25, 0.3) is 10.9 Å². The largest absolute Gasteiger partial charge is 0.299 e. The number of amides is 1. The summed E-state index contributed by atoms with van der Waals surface area (Å²) in [5.41, 5.74) is 1.78. The predicted molar refractivity (Wildman–Crippen MR) is 48.4 cm³/mol. The summed E-state index contributed by atoms with van der Waals surface area (Å²) in [6, 6.07) is 1.78. The summed E-state index contributed by atoms with van der Waals surface area (Å²) < 4.78 is 0. The Bertz CT molecular complexity index is 576. The van der Waals surface area contributed by atoms with Crippen LogP contribution in [0.15, 0.2) is 34.9 Å². The smallest absolute Gasteiger partial charge is 0.265 e. The first-order chi connectivity index (χ1) is 6.86. The Hall–Kier alpha value is -2.17. The first-order valence-corrected chi connectivity index (χ1v) is 4.05. The fraction of sp³-hybridized carbons (Fsp3) is 0. The van der Waals surface area contributed by atoms with Crippen molar-refractivity contribution in [1.29, 1.82) is 0 Å². The number of nitrogens with zero attached hydrogens (tertiary/aromatic N) is 4. The molecule has 0 unspecified atom stereocenters. The summed E-state index contributed by atoms with van der Waals surface area (Å²) in [4.78, 5) is 19.2. The molecule has 0 spiro atoms. The number of rotatable bonds is 0. The Balaban J connectivity index is 2.49. The molecule has 2 aromatic heterocycles. The minimum absolute atomic E-state index is 0.328. The van der Waals surface area contributed by atoms with Gasteiger partial charge < -0.3 is 0 Å². The van der Waals surface area contributed by atoms with Gasteiger partial charge in [-0.1, -0.05) is 0 Å². The molecule has 3 rings (SSSR count). The van der Waals surface area contributed by atoms with Gasteiger partial charge in [-0.15, -0.1) is 10.2 Å². The van der Waals surface area contributed by atoms with Gasteiger partial charge in [0, 0.05) is 17.8 Å². The van der Waals surface area contributed by atoms with Crippen LogP contribution in [0.3, 0.4) is 0 Å². The zero-order valence-corrected chi connectivity index (χ0v) is 7.01. The molecule has 0 bridgehead atoms. The van der Waals surface area contributed by atoms with Crippen molar-refractivity contribution in [3.63, 3.8) is 0 Å². The number of carbonyl (C=O) groups excluding carboxylic acids is 1. The van der Waals surface area contributed by atoms with E-state index in [0.717, 1.165) is 10.9 Å². The molecule has 5 nitrogen and oxygen atoms in total. The van der Waals surface area contributed by atoms with Crippen molar-refractivity contribution < 1.29 is 4.79 Å². The minimum atomic E-state index is -0.328. The molecule has 0 saturated carbocycles. The van der Waals surface area contributed by atoms with Crippen molar-refractivity contribution >= 4 is 22.5 Å². The summed E-state index contributed by atoms with van der Waals surface area (Å²) in [6.07, 6.45) is 4.76. The average molecular weight is 184 g/mol. The van der Waals surface area contributed by atoms with Crippen molar-refractivity contribution in [2.75, 3.05) is 0 Å². The summed E-state index contributed by atoms with van der Waals surface area (Å²) in [7, 11) is 0. The number of carbonyl (C=O) groups is 1. The van der Waals surface area contributed by atoms with E-state index in [9.17, 15) is 4.79 Å². The van der Waals surface area contributed by atoms with Crippen LogP contribution in [-0.4, -0.2) is 15.9 Å². The van der Waals surface area contributed by atoms with Crippen LogP contribution in [0, 0.1) is 0 Å². The fourth-order valence-electron chi connectivity index (χ4n) is 1.44. The lowest BCUT2D eigenvalue weighted by Gasteiger charge is -1.98. The number of hydrogen-bond donors (Lipinski definition) is 0. The lowest BCUT2D eigenvalue weighted by Crippen LogP contribution is -1.91. The second-order valence-electron chi connectivity index (χ2n) is 2.92. The van der Waals surface area contributed by atoms with E-state index in [0.29, 0.717) is 11.3 Å². The second kappa shape index (κ2) is 2.41. The van der Waals surface area contributed by atoms with Gasteiger partial charge in [-0.05, 0) is 6.07 Å². The van der Waals surface area contributed by atoms with E-state index >= 15 is 0 Å². The predicted octanol–water partition coefficient (Wildman–Crippen LogP) is 1.87. The lowest BCUT2D eigenvalue weighted by atomic mass is 10.1. The Morgan fingerprint density at radius 1 is 1.14 bits per heavy atom. The van der Waals surface area contributed by atoms with E-state index in [4.69, 9.17) is 0 Å². The molecule has 2 aromatic rings. The zero-order chi connectivity index (χ0) is 9.54. The molecule has 1 amide bonds. The molecule has 3 heterocycles. The van der Waals surface area contributed by atoms with Gasteiger partial charge >= 0.3 is 0 Å². The van der Waals surface area contributed by atoms with E-state index in [1.165, 1.54) is 6.20 Å². The number of aromatic nitrogens is 2. The highest BCUT2D eigenvalue weighted by Gasteiger charge is 2.19. The molecule has 0 N–H and O–H groups in total. The van der Waals surface area contributed by atoms with Crippen LogP contribution in [-0.2, 0) is 0 Å². The van der Waals surface area contributed by atoms with Gasteiger partial charge in [0.2, 0.25) is 0 Å². The van der Waals surface area contributed by atoms with Gasteiger partial charge in [-0.2, -0.15) is 0 Å². The molecule has 0 aromatic carbocycles. The summed E-state index contributed by atoms with van der Waals surface area (Å²) >= 11 is 0. The van der Waals surface area contributed by atoms with E-state index < -0.39 is 0 Å². The molecule has 5 heteroatoms. The quantitative estimate of drug-likeness (QED) is 0.627. The average Bonchev–Trinajstić information content (AvgIpc) is 2.61. The number of pyridine rings is 2. The Labute approximate surface area is 78.5 Å². The molecule has 66 valence electrons. The topological polar surface area (TPSA) is 67.6 Å². The highest BCUT2D eigenvalue weighted by Crippen LogP contribution is 2.32. The van der Waals surface area contributed by atoms with Gasteiger partial charge in [0.05, 0.1) is 17.3 Å². The maximum atomic E-state index is 11.2. The molecule has 0 radical (unpaired) electrons. The van der Waals surface area contributed by atoms with Crippen LogP contribution in [0.2, 0.25) is 0 Å². The third kappa shape index (κ3) is 0.806. The third-order valence-corrected chi connectivity index (χ3v) is 2.11. The molecule has 1 aliphatic rings.